The number of para-hydroxylation sites is 3. The number of aromatic nitrogens is 3. The molecule has 0 saturated heterocycles. The summed E-state index contributed by atoms with van der Waals surface area (Å²) in [7, 11) is 0. The molecule has 0 aliphatic heterocycles. The normalized spacial score (nSPS) is 11.9. The van der Waals surface area contributed by atoms with Crippen LogP contribution in [0.25, 0.3) is 116 Å². The van der Waals surface area contributed by atoms with Crippen LogP contribution in [0.5, 0.6) is 0 Å². The number of hydrogen-bond donors (Lipinski definition) is 0. The lowest BCUT2D eigenvalue weighted by molar-refractivity contribution is 0.668. The van der Waals surface area contributed by atoms with Crippen LogP contribution in [0.2, 0.25) is 0 Å². The second kappa shape index (κ2) is 12.4. The highest BCUT2D eigenvalue weighted by molar-refractivity contribution is 6.19. The molecule has 0 spiro atoms. The highest BCUT2D eigenvalue weighted by Gasteiger charge is 2.23. The molecule has 4 aromatic heterocycles. The van der Waals surface area contributed by atoms with Crippen LogP contribution >= 0.6 is 0 Å². The first-order valence-electron chi connectivity index (χ1n) is 19.2. The molecule has 4 heterocycles. The number of nitrogens with zero attached hydrogens (tertiary/aromatic N) is 3. The highest BCUT2D eigenvalue weighted by atomic mass is 16.3. The monoisotopic (exact) mass is 729 g/mol. The number of hydrogen-bond acceptors (Lipinski definition) is 4. The van der Waals surface area contributed by atoms with E-state index in [1.807, 2.05) is 42.5 Å². The van der Waals surface area contributed by atoms with Crippen molar-refractivity contribution < 1.29 is 8.83 Å². The Kier molecular flexibility index (Phi) is 6.86. The number of fused-ring (bicyclic) bond motifs is 9. The van der Waals surface area contributed by atoms with E-state index in [-0.39, 0.29) is 0 Å². The topological polar surface area (TPSA) is 57.0 Å². The van der Waals surface area contributed by atoms with Crippen molar-refractivity contribution in [2.75, 3.05) is 0 Å². The maximum absolute atomic E-state index is 6.74. The van der Waals surface area contributed by atoms with Gasteiger partial charge in [-0.05, 0) is 54.1 Å². The summed E-state index contributed by atoms with van der Waals surface area (Å²) in [5, 5.41) is 6.49. The molecule has 0 saturated carbocycles. The van der Waals surface area contributed by atoms with Gasteiger partial charge in [0, 0.05) is 60.3 Å². The molecule has 12 rings (SSSR count). The van der Waals surface area contributed by atoms with Crippen molar-refractivity contribution in [3.8, 4) is 50.7 Å². The maximum Gasteiger partial charge on any atom is 0.161 e. The molecule has 0 atom stereocenters. The van der Waals surface area contributed by atoms with Crippen molar-refractivity contribution >= 4 is 65.7 Å². The minimum atomic E-state index is 0.680. The van der Waals surface area contributed by atoms with Crippen LogP contribution in [0, 0.1) is 0 Å². The quantitative estimate of drug-likeness (QED) is 0.177. The van der Waals surface area contributed by atoms with Crippen LogP contribution in [0.3, 0.4) is 0 Å². The van der Waals surface area contributed by atoms with Crippen LogP contribution < -0.4 is 0 Å². The first kappa shape index (κ1) is 31.6. The summed E-state index contributed by atoms with van der Waals surface area (Å²) in [5.41, 5.74) is 13.5. The van der Waals surface area contributed by atoms with Crippen LogP contribution in [-0.2, 0) is 0 Å². The maximum atomic E-state index is 6.74. The fourth-order valence-electron chi connectivity index (χ4n) is 8.71. The lowest BCUT2D eigenvalue weighted by atomic mass is 9.96. The summed E-state index contributed by atoms with van der Waals surface area (Å²) in [4.78, 5) is 10.5. The Morgan fingerprint density at radius 3 is 1.70 bits per heavy atom. The highest BCUT2D eigenvalue weighted by Crippen LogP contribution is 2.45. The third-order valence-electron chi connectivity index (χ3n) is 11.2. The third kappa shape index (κ3) is 4.89. The van der Waals surface area contributed by atoms with Gasteiger partial charge in [0.15, 0.2) is 5.82 Å². The molecule has 0 amide bonds. The molecule has 0 aliphatic carbocycles. The molecule has 0 radical (unpaired) electrons. The fraction of sp³-hybridized carbons (Fsp3) is 0. The number of furan rings is 2. The summed E-state index contributed by atoms with van der Waals surface area (Å²) in [6.07, 6.45) is 0. The van der Waals surface area contributed by atoms with Crippen molar-refractivity contribution in [2.24, 2.45) is 0 Å². The number of rotatable bonds is 5. The van der Waals surface area contributed by atoms with Crippen molar-refractivity contribution in [3.63, 3.8) is 0 Å². The molecule has 8 aromatic carbocycles. The van der Waals surface area contributed by atoms with Crippen LogP contribution in [0.15, 0.2) is 197 Å². The largest absolute Gasteiger partial charge is 0.456 e. The van der Waals surface area contributed by atoms with E-state index in [9.17, 15) is 0 Å². The van der Waals surface area contributed by atoms with E-state index in [0.717, 1.165) is 111 Å². The minimum Gasteiger partial charge on any atom is -0.456 e. The molecule has 5 heteroatoms. The van der Waals surface area contributed by atoms with Gasteiger partial charge in [-0.3, -0.25) is 0 Å². The molecule has 5 nitrogen and oxygen atoms in total. The molecular formula is C52H31N3O2. The van der Waals surface area contributed by atoms with Crippen molar-refractivity contribution in [3.05, 3.63) is 188 Å². The van der Waals surface area contributed by atoms with Gasteiger partial charge < -0.3 is 13.4 Å². The van der Waals surface area contributed by atoms with Gasteiger partial charge in [0.05, 0.1) is 22.4 Å². The Morgan fingerprint density at radius 1 is 0.368 bits per heavy atom. The van der Waals surface area contributed by atoms with Gasteiger partial charge >= 0.3 is 0 Å². The average Bonchev–Trinajstić information content (AvgIpc) is 3.96. The zero-order valence-electron chi connectivity index (χ0n) is 30.6. The van der Waals surface area contributed by atoms with Crippen LogP contribution in [0.1, 0.15) is 0 Å². The molecule has 0 unspecified atom stereocenters. The predicted molar refractivity (Wildman–Crippen MR) is 233 cm³/mol. The van der Waals surface area contributed by atoms with Gasteiger partial charge in [-0.2, -0.15) is 0 Å². The second-order valence-corrected chi connectivity index (χ2v) is 14.5. The van der Waals surface area contributed by atoms with Gasteiger partial charge in [-0.15, -0.1) is 0 Å². The first-order valence-corrected chi connectivity index (χ1v) is 19.2. The van der Waals surface area contributed by atoms with Gasteiger partial charge in [-0.1, -0.05) is 140 Å². The summed E-state index contributed by atoms with van der Waals surface area (Å²) >= 11 is 0. The van der Waals surface area contributed by atoms with E-state index < -0.39 is 0 Å². The second-order valence-electron chi connectivity index (χ2n) is 14.5. The Morgan fingerprint density at radius 2 is 0.947 bits per heavy atom. The summed E-state index contributed by atoms with van der Waals surface area (Å²) in [5.74, 6) is 0.680. The van der Waals surface area contributed by atoms with Gasteiger partial charge in [-0.25, -0.2) is 9.97 Å². The van der Waals surface area contributed by atoms with E-state index in [4.69, 9.17) is 18.8 Å². The SMILES string of the molecule is c1ccc(-c2cc(-c3ccccc3)nc(-c3cccc4c3c3ccccc3n4-c3cc(-c4cccc5oc6ccccc6c45)c4oc5ccccc5c4c3)n2)cc1. The average molecular weight is 730 g/mol. The predicted octanol–water partition coefficient (Wildman–Crippen LogP) is 14.0. The van der Waals surface area contributed by atoms with Crippen molar-refractivity contribution in [2.45, 2.75) is 0 Å². The molecule has 0 aliphatic rings. The molecule has 0 fully saturated rings. The Bertz CT molecular complexity index is 3460. The van der Waals surface area contributed by atoms with E-state index >= 15 is 0 Å². The Hall–Kier alpha value is -7.76. The van der Waals surface area contributed by atoms with E-state index in [2.05, 4.69) is 150 Å². The van der Waals surface area contributed by atoms with Gasteiger partial charge in [0.25, 0.3) is 0 Å². The lowest BCUT2D eigenvalue weighted by Gasteiger charge is -2.13. The van der Waals surface area contributed by atoms with Gasteiger partial charge in [0.2, 0.25) is 0 Å². The van der Waals surface area contributed by atoms with Gasteiger partial charge in [0.1, 0.15) is 22.3 Å². The lowest BCUT2D eigenvalue weighted by Crippen LogP contribution is -1.97. The summed E-state index contributed by atoms with van der Waals surface area (Å²) in [6.45, 7) is 0. The van der Waals surface area contributed by atoms with E-state index in [1.165, 1.54) is 0 Å². The molecule has 0 bridgehead atoms. The van der Waals surface area contributed by atoms with Crippen LogP contribution in [0.4, 0.5) is 0 Å². The Balaban J connectivity index is 1.16. The van der Waals surface area contributed by atoms with Crippen molar-refractivity contribution in [1.29, 1.82) is 0 Å². The molecule has 57 heavy (non-hydrogen) atoms. The molecule has 266 valence electrons. The zero-order valence-corrected chi connectivity index (χ0v) is 30.6. The summed E-state index contributed by atoms with van der Waals surface area (Å²) < 4.78 is 15.5. The Labute approximate surface area is 326 Å². The van der Waals surface area contributed by atoms with Crippen molar-refractivity contribution in [1.82, 2.24) is 14.5 Å². The van der Waals surface area contributed by atoms with E-state index in [1.54, 1.807) is 0 Å². The molecule has 12 aromatic rings. The van der Waals surface area contributed by atoms with E-state index in [0.29, 0.717) is 5.82 Å². The smallest absolute Gasteiger partial charge is 0.161 e. The zero-order chi connectivity index (χ0) is 37.5. The minimum absolute atomic E-state index is 0.680. The first-order chi connectivity index (χ1) is 28.3. The fourth-order valence-corrected chi connectivity index (χ4v) is 8.71. The molecular weight excluding hydrogens is 699 g/mol. The third-order valence-corrected chi connectivity index (χ3v) is 11.2. The summed E-state index contributed by atoms with van der Waals surface area (Å²) in [6, 6.07) is 65.3. The molecule has 0 N–H and O–H groups in total. The number of benzene rings is 8. The standard InChI is InChI=1S/C52H31N3O2/c1-3-15-32(16-4-1)42-31-43(33-17-5-2-6-18-33)54-52(53-42)39-23-13-25-45-49(39)37-20-7-10-24-44(37)55(45)34-29-40-35-19-8-11-26-46(35)57-51(40)41(30-34)36-22-14-28-48-50(36)38-21-9-12-27-47(38)56-48/h1-31H. The van der Waals surface area contributed by atoms with Crippen LogP contribution in [-0.4, -0.2) is 14.5 Å².